The van der Waals surface area contributed by atoms with Gasteiger partial charge in [0.05, 0.1) is 11.9 Å². The van der Waals surface area contributed by atoms with Crippen LogP contribution in [0, 0.1) is 31.6 Å². The summed E-state index contributed by atoms with van der Waals surface area (Å²) in [4.78, 5) is 23.0. The van der Waals surface area contributed by atoms with Crippen LogP contribution < -0.4 is 5.56 Å². The second kappa shape index (κ2) is 33.4. The fourth-order valence-corrected chi connectivity index (χ4v) is 11.5. The summed E-state index contributed by atoms with van der Waals surface area (Å²) < 4.78 is 125. The van der Waals surface area contributed by atoms with Crippen LogP contribution in [0.25, 0.3) is 9.69 Å². The molecule has 0 saturated heterocycles. The van der Waals surface area contributed by atoms with Crippen LogP contribution in [0.4, 0.5) is 37.7 Å². The molecule has 0 amide bonds. The number of carbonyl (C=O) groups excluding carboxylic acids is 1. The molecule has 0 fully saturated rings. The molecule has 5 aromatic rings. The molecule has 3 aromatic heterocycles. The van der Waals surface area contributed by atoms with E-state index in [1.807, 2.05) is 103 Å². The van der Waals surface area contributed by atoms with Crippen LogP contribution in [0.5, 0.6) is 0 Å². The third-order valence-electron chi connectivity index (χ3n) is 5.96. The van der Waals surface area contributed by atoms with E-state index in [1.165, 1.54) is 14.1 Å². The van der Waals surface area contributed by atoms with Crippen LogP contribution in [0.1, 0.15) is 19.9 Å². The Morgan fingerprint density at radius 3 is 1.42 bits per heavy atom. The normalized spacial score (nSPS) is 10.7. The summed E-state index contributed by atoms with van der Waals surface area (Å²) in [7, 11) is -12.3. The van der Waals surface area contributed by atoms with Gasteiger partial charge in [-0.2, -0.15) is 43.2 Å². The number of alkyl halides is 9. The monoisotopic (exact) mass is 1290 g/mol. The molecule has 0 atom stereocenters. The average Bonchev–Trinajstić information content (AvgIpc) is 3.27. The molecule has 5 rings (SSSR count). The first-order valence-electron chi connectivity index (χ1n) is 16.2. The Balaban J connectivity index is 0. The fraction of sp³-hybridized carbons (Fsp3) is 0.162. The van der Waals surface area contributed by atoms with E-state index in [9.17, 15) is 48.0 Å². The number of nitriles is 1. The van der Waals surface area contributed by atoms with Gasteiger partial charge in [0.25, 0.3) is 0 Å². The summed E-state index contributed by atoms with van der Waals surface area (Å²) in [5.41, 5.74) is -10.3. The van der Waals surface area contributed by atoms with E-state index < -0.39 is 71.9 Å². The predicted molar refractivity (Wildman–Crippen MR) is 259 cm³/mol. The maximum absolute atomic E-state index is 11.4. The summed E-state index contributed by atoms with van der Waals surface area (Å²) in [5, 5.41) is 9.17. The molecule has 0 radical (unpaired) electrons. The van der Waals surface area contributed by atoms with E-state index in [2.05, 4.69) is 69.5 Å². The predicted octanol–water partition coefficient (Wildman–Crippen LogP) is 10.1. The molecule has 0 N–H and O–H groups in total. The standard InChI is InChI=1S/C18H13IN4.C9H11IO2.C6H4N2.C2F6O6S2.CH2Cl2.CH4.S3/c1-21-18-9-13-23(14-10-18)19(17-5-3-2-4-6-17)22-11-7-16(15-20)8-12-22;1-8(11)12-10(2)9-6-4-3-5-7-9;1-7-6-2-4-8-5-3-6;3-1(4,5)15(9,10)13-14-16(11,12)2(6,7)8;2-1-3;;1-3-2/h2-14H;3-7H,1-2H3;2-5H;;1H2;1H4;/q+2;;;;;;. The molecule has 0 aliphatic heterocycles. The summed E-state index contributed by atoms with van der Waals surface area (Å²) in [6.07, 6.45) is 11.1. The maximum atomic E-state index is 11.4. The Labute approximate surface area is 415 Å². The van der Waals surface area contributed by atoms with Crippen molar-refractivity contribution in [3.05, 3.63) is 170 Å². The smallest absolute Gasteiger partial charge is 0.190 e. The van der Waals surface area contributed by atoms with Crippen molar-refractivity contribution in [3.8, 4) is 6.07 Å². The minimum absolute atomic E-state index is 0. The maximum Gasteiger partial charge on any atom is 0.190 e. The molecule has 14 nitrogen and oxygen atoms in total. The Kier molecular flexibility index (Phi) is 32.4. The average molecular weight is 1290 g/mol. The van der Waals surface area contributed by atoms with Crippen molar-refractivity contribution in [1.82, 2.24) is 4.98 Å². The summed E-state index contributed by atoms with van der Waals surface area (Å²) >= 11 is 14.2. The van der Waals surface area contributed by atoms with Gasteiger partial charge in [-0.15, -0.1) is 23.2 Å². The quantitative estimate of drug-likeness (QED) is 0.0275. The van der Waals surface area contributed by atoms with Gasteiger partial charge in [-0.3, -0.25) is 4.98 Å². The topological polar surface area (TPSA) is 166 Å². The minimum Gasteiger partial charge on any atom is -0.267 e. The Bertz CT molecular complexity index is 2500. The van der Waals surface area contributed by atoms with E-state index in [4.69, 9.17) is 44.7 Å². The minimum atomic E-state index is -6.59. The molecule has 0 spiro atoms. The first-order valence-corrected chi connectivity index (χ1v) is 29.9. The van der Waals surface area contributed by atoms with E-state index in [1.54, 1.807) is 24.5 Å². The number of benzene rings is 2. The molecule has 0 aliphatic rings. The SMILES string of the molecule is C.CC(=O)OI(C)c1ccccc1.ClCCl.O=S(=O)(OOS(=O)(=O)C(F)(F)F)C(F)(F)F.S=S=S.[C-]#[N+]c1cc[n+](I(c2ccccc2)[n+]2ccc(C#N)cc2)cc1.[C-]#[N+]c1ccncc1. The molecule has 29 heteroatoms. The van der Waals surface area contributed by atoms with Gasteiger partial charge < -0.3 is 0 Å². The Morgan fingerprint density at radius 1 is 0.758 bits per heavy atom. The van der Waals surface area contributed by atoms with Crippen molar-refractivity contribution in [2.24, 2.45) is 0 Å². The number of pyridine rings is 3. The number of halogens is 10. The van der Waals surface area contributed by atoms with Crippen LogP contribution in [-0.4, -0.2) is 49.1 Å². The number of hydrogen-bond donors (Lipinski definition) is 0. The van der Waals surface area contributed by atoms with E-state index in [0.29, 0.717) is 16.9 Å². The molecule has 66 heavy (non-hydrogen) atoms. The second-order valence-corrected chi connectivity index (χ2v) is 24.9. The van der Waals surface area contributed by atoms with Gasteiger partial charge in [0.2, 0.25) is 0 Å². The van der Waals surface area contributed by atoms with Crippen LogP contribution in [0.15, 0.2) is 134 Å². The van der Waals surface area contributed by atoms with Crippen molar-refractivity contribution < 1.29 is 65.3 Å². The molecule has 358 valence electrons. The molecule has 0 bridgehead atoms. The Hall–Kier alpha value is -4.07. The van der Waals surface area contributed by atoms with E-state index in [0.717, 1.165) is 8.88 Å². The largest absolute Gasteiger partial charge is 0.267 e. The molecule has 0 unspecified atom stereocenters. The third-order valence-corrected chi connectivity index (χ3v) is 16.7. The first-order chi connectivity index (χ1) is 30.5. The van der Waals surface area contributed by atoms with Gasteiger partial charge >= 0.3 is 254 Å². The molecule has 0 saturated carbocycles. The van der Waals surface area contributed by atoms with Crippen LogP contribution in [-0.2, 0) is 68.0 Å². The van der Waals surface area contributed by atoms with Gasteiger partial charge in [0.1, 0.15) is 0 Å². The first kappa shape index (κ1) is 64.0. The van der Waals surface area contributed by atoms with Crippen molar-refractivity contribution in [1.29, 1.82) is 5.26 Å². The van der Waals surface area contributed by atoms with Gasteiger partial charge in [0.15, 0.2) is 5.69 Å². The molecule has 0 aliphatic carbocycles. The van der Waals surface area contributed by atoms with E-state index >= 15 is 0 Å². The number of aromatic nitrogens is 3. The van der Waals surface area contributed by atoms with Gasteiger partial charge in [-0.1, -0.05) is 16.1 Å². The van der Waals surface area contributed by atoms with Crippen LogP contribution >= 0.6 is 63.8 Å². The van der Waals surface area contributed by atoms with Gasteiger partial charge in [0, 0.05) is 43.7 Å². The molecule has 2 aromatic carbocycles. The number of nitrogens with zero attached hydrogens (tertiary/aromatic N) is 6. The number of carbonyl (C=O) groups is 1. The van der Waals surface area contributed by atoms with Crippen molar-refractivity contribution in [3.63, 3.8) is 0 Å². The van der Waals surface area contributed by atoms with Crippen molar-refractivity contribution in [2.75, 3.05) is 10.3 Å². The van der Waals surface area contributed by atoms with Gasteiger partial charge in [-0.25, -0.2) is 4.85 Å². The van der Waals surface area contributed by atoms with Crippen molar-refractivity contribution >= 4 is 133 Å². The summed E-state index contributed by atoms with van der Waals surface area (Å²) in [6, 6.07) is 33.1. The van der Waals surface area contributed by atoms with Gasteiger partial charge in [-0.05, 0) is 12.1 Å². The number of rotatable bonds is 8. The second-order valence-electron chi connectivity index (χ2n) is 10.3. The number of hydrogen-bond acceptors (Lipinski definition) is 12. The third kappa shape index (κ3) is 25.2. The van der Waals surface area contributed by atoms with Crippen LogP contribution in [0.3, 0.4) is 0 Å². The summed E-state index contributed by atoms with van der Waals surface area (Å²) in [6.45, 7) is 15.1. The molecular weight excluding hydrogens is 1260 g/mol. The Morgan fingerprint density at radius 2 is 1.11 bits per heavy atom. The van der Waals surface area contributed by atoms with Crippen LogP contribution in [0.2, 0.25) is 0 Å². The fourth-order valence-electron chi connectivity index (χ4n) is 3.39. The van der Waals surface area contributed by atoms with Crippen molar-refractivity contribution in [2.45, 2.75) is 25.4 Å². The summed E-state index contributed by atoms with van der Waals surface area (Å²) in [5.74, 6) is -0.174. The molecule has 3 heterocycles. The van der Waals surface area contributed by atoms with E-state index in [-0.39, 0.29) is 18.7 Å². The zero-order chi connectivity index (χ0) is 49.7. The zero-order valence-electron chi connectivity index (χ0n) is 32.7. The zero-order valence-corrected chi connectivity index (χ0v) is 42.6. The molecular formula is C37H34Cl2F6I2N6O8S5+2.